The van der Waals surface area contributed by atoms with Gasteiger partial charge in [-0.3, -0.25) is 19.8 Å². The third kappa shape index (κ3) is 5.91. The summed E-state index contributed by atoms with van der Waals surface area (Å²) in [5.41, 5.74) is -0.487. The van der Waals surface area contributed by atoms with Crippen LogP contribution in [-0.2, 0) is 15.9 Å². The van der Waals surface area contributed by atoms with Gasteiger partial charge in [0, 0.05) is 28.4 Å². The van der Waals surface area contributed by atoms with Crippen molar-refractivity contribution >= 4 is 37.8 Å². The molecule has 0 saturated heterocycles. The topological polar surface area (TPSA) is 80.3 Å². The van der Waals surface area contributed by atoms with Gasteiger partial charge >= 0.3 is 6.18 Å². The number of ether oxygens (including phenoxy) is 1. The van der Waals surface area contributed by atoms with Gasteiger partial charge < -0.3 is 4.74 Å². The van der Waals surface area contributed by atoms with Crippen LogP contribution in [0.3, 0.4) is 0 Å². The van der Waals surface area contributed by atoms with Crippen molar-refractivity contribution in [3.8, 4) is 5.75 Å². The summed E-state index contributed by atoms with van der Waals surface area (Å²) in [4.78, 5) is 15.8. The summed E-state index contributed by atoms with van der Waals surface area (Å²) < 4.78 is 58.4. The van der Waals surface area contributed by atoms with Crippen molar-refractivity contribution in [2.75, 3.05) is 13.4 Å². The number of methoxy groups -OCH3 is 1. The number of carbonyl (C=O) groups excluding carboxylic acids is 1. The van der Waals surface area contributed by atoms with Gasteiger partial charge in [-0.15, -0.1) is 0 Å². The van der Waals surface area contributed by atoms with Gasteiger partial charge in [0.2, 0.25) is 0 Å². The number of thiocarbonyl (C=S) groups is 1. The molecular formula is C18H18F3N3O3S2. The van der Waals surface area contributed by atoms with Crippen LogP contribution in [0.25, 0.3) is 0 Å². The summed E-state index contributed by atoms with van der Waals surface area (Å²) in [7, 11) is -1.48. The number of pyridine rings is 1. The highest BCUT2D eigenvalue weighted by atomic mass is 32.2. The van der Waals surface area contributed by atoms with E-state index in [0.717, 1.165) is 12.3 Å². The molecule has 1 amide bonds. The molecule has 2 N–H and O–H groups in total. The van der Waals surface area contributed by atoms with Crippen molar-refractivity contribution in [1.29, 1.82) is 0 Å². The van der Waals surface area contributed by atoms with Crippen molar-refractivity contribution in [3.05, 3.63) is 59.4 Å². The third-order valence-corrected chi connectivity index (χ3v) is 6.24. The summed E-state index contributed by atoms with van der Waals surface area (Å²) in [6.45, 7) is 1.48. The van der Waals surface area contributed by atoms with E-state index in [-0.39, 0.29) is 15.5 Å². The number of amides is 1. The first-order valence-electron chi connectivity index (χ1n) is 8.07. The Kier molecular flexibility index (Phi) is 6.85. The van der Waals surface area contributed by atoms with Gasteiger partial charge in [0.25, 0.3) is 5.91 Å². The number of carbonyl (C=O) groups is 1. The van der Waals surface area contributed by atoms with E-state index in [4.69, 9.17) is 17.0 Å². The van der Waals surface area contributed by atoms with E-state index in [1.807, 2.05) is 0 Å². The molecule has 0 aliphatic carbocycles. The summed E-state index contributed by atoms with van der Waals surface area (Å²) in [5, 5.41) is 2.23. The summed E-state index contributed by atoms with van der Waals surface area (Å²) in [6, 6.07) is 8.25. The number of nitrogens with zero attached hydrogens (tertiary/aromatic N) is 1. The monoisotopic (exact) mass is 445 g/mol. The maximum atomic E-state index is 12.9. The maximum absolute atomic E-state index is 12.9. The van der Waals surface area contributed by atoms with Crippen LogP contribution < -0.4 is 14.8 Å². The van der Waals surface area contributed by atoms with Gasteiger partial charge in [0.05, 0.1) is 16.8 Å². The molecule has 0 aliphatic heterocycles. The second kappa shape index (κ2) is 8.78. The zero-order valence-corrected chi connectivity index (χ0v) is 17.3. The second-order valence-corrected chi connectivity index (χ2v) is 8.86. The Hall–Kier alpha value is -2.66. The van der Waals surface area contributed by atoms with E-state index in [0.29, 0.717) is 11.3 Å². The van der Waals surface area contributed by atoms with Crippen LogP contribution in [0.15, 0.2) is 42.6 Å². The number of aromatic nitrogens is 1. The van der Waals surface area contributed by atoms with Gasteiger partial charge in [-0.05, 0) is 49.5 Å². The Morgan fingerprint density at radius 1 is 1.14 bits per heavy atom. The Labute approximate surface area is 171 Å². The summed E-state index contributed by atoms with van der Waals surface area (Å²) >= 11 is 5.04. The van der Waals surface area contributed by atoms with E-state index < -0.39 is 27.5 Å². The smallest absolute Gasteiger partial charge is 0.433 e. The number of rotatable bonds is 4. The molecule has 1 aromatic carbocycles. The van der Waals surface area contributed by atoms with Crippen molar-refractivity contribution in [3.63, 3.8) is 0 Å². The molecule has 6 nitrogen and oxygen atoms in total. The number of hydrogen-bond donors (Lipinski definition) is 2. The lowest BCUT2D eigenvalue weighted by molar-refractivity contribution is -0.141. The number of alkyl halides is 3. The fourth-order valence-electron chi connectivity index (χ4n) is 2.19. The van der Waals surface area contributed by atoms with Gasteiger partial charge in [0.1, 0.15) is 11.4 Å². The number of hydrogen-bond acceptors (Lipinski definition) is 5. The van der Waals surface area contributed by atoms with Crippen LogP contribution in [0.1, 0.15) is 28.5 Å². The second-order valence-electron chi connectivity index (χ2n) is 5.94. The number of benzene rings is 1. The van der Waals surface area contributed by atoms with Crippen molar-refractivity contribution in [2.45, 2.75) is 13.1 Å². The lowest BCUT2D eigenvalue weighted by Crippen LogP contribution is -2.43. The molecule has 2 rings (SSSR count). The zero-order valence-electron chi connectivity index (χ0n) is 15.7. The SMILES string of the molecule is COc1ccc(C(=O)NC(=S)NS(C)(=O)=C(C)c2ccc(C(F)(F)F)nc2)cc1. The molecule has 2 aromatic rings. The Balaban J connectivity index is 2.14. The van der Waals surface area contributed by atoms with E-state index in [1.165, 1.54) is 38.5 Å². The zero-order chi connectivity index (χ0) is 21.8. The van der Waals surface area contributed by atoms with Gasteiger partial charge in [0.15, 0.2) is 5.11 Å². The lowest BCUT2D eigenvalue weighted by Gasteiger charge is -2.15. The van der Waals surface area contributed by atoms with Gasteiger partial charge in [-0.1, -0.05) is 6.07 Å². The van der Waals surface area contributed by atoms with Gasteiger partial charge in [-0.25, -0.2) is 4.21 Å². The molecule has 156 valence electrons. The molecule has 0 fully saturated rings. The Bertz CT molecular complexity index is 1030. The van der Waals surface area contributed by atoms with Crippen molar-refractivity contribution in [1.82, 2.24) is 15.0 Å². The number of nitrogens with one attached hydrogen (secondary N) is 2. The van der Waals surface area contributed by atoms with Crippen molar-refractivity contribution < 1.29 is 26.9 Å². The minimum atomic E-state index is -4.56. The fraction of sp³-hybridized carbons (Fsp3) is 0.222. The predicted molar refractivity (Wildman–Crippen MR) is 109 cm³/mol. The average molecular weight is 445 g/mol. The molecule has 0 aliphatic rings. The molecule has 0 spiro atoms. The van der Waals surface area contributed by atoms with Crippen LogP contribution in [0.4, 0.5) is 13.2 Å². The minimum Gasteiger partial charge on any atom is -0.497 e. The predicted octanol–water partition coefficient (Wildman–Crippen LogP) is 2.78. The average Bonchev–Trinajstić information content (AvgIpc) is 2.66. The first-order chi connectivity index (χ1) is 13.4. The van der Waals surface area contributed by atoms with Crippen LogP contribution in [0, 0.1) is 0 Å². The Morgan fingerprint density at radius 2 is 1.72 bits per heavy atom. The van der Waals surface area contributed by atoms with Crippen LogP contribution in [0.2, 0.25) is 0 Å². The molecular weight excluding hydrogens is 427 g/mol. The first-order valence-corrected chi connectivity index (χ1v) is 10.4. The van der Waals surface area contributed by atoms with Crippen LogP contribution in [0.5, 0.6) is 5.75 Å². The number of halogens is 3. The molecule has 11 heteroatoms. The van der Waals surface area contributed by atoms with E-state index in [2.05, 4.69) is 15.0 Å². The Morgan fingerprint density at radius 3 is 2.21 bits per heavy atom. The quantitative estimate of drug-likeness (QED) is 0.559. The summed E-state index contributed by atoms with van der Waals surface area (Å²) in [5.74, 6) is 0.0587. The molecule has 1 unspecified atom stereocenters. The normalized spacial score (nSPS) is 13.2. The largest absolute Gasteiger partial charge is 0.497 e. The molecule has 1 aromatic heterocycles. The first kappa shape index (κ1) is 22.6. The van der Waals surface area contributed by atoms with E-state index in [9.17, 15) is 22.2 Å². The molecule has 0 radical (unpaired) electrons. The third-order valence-electron chi connectivity index (χ3n) is 3.91. The highest BCUT2D eigenvalue weighted by Crippen LogP contribution is 2.27. The summed E-state index contributed by atoms with van der Waals surface area (Å²) in [6.07, 6.45) is -2.25. The van der Waals surface area contributed by atoms with Crippen molar-refractivity contribution in [2.24, 2.45) is 0 Å². The van der Waals surface area contributed by atoms with Crippen LogP contribution >= 0.6 is 12.2 Å². The molecule has 0 saturated carbocycles. The maximum Gasteiger partial charge on any atom is 0.433 e. The molecule has 1 heterocycles. The van der Waals surface area contributed by atoms with Crippen LogP contribution in [-0.4, -0.2) is 38.4 Å². The molecule has 0 bridgehead atoms. The highest BCUT2D eigenvalue weighted by molar-refractivity contribution is 8.01. The standard InChI is InChI=1S/C18H18F3N3O3S2/c1-11(13-6-9-15(22-10-13)18(19,20)21)29(3,26)24-17(28)23-16(25)12-4-7-14(27-2)8-5-12/h4-10H,1-3H3,(H2,23,24,25,26,28). The van der Waals surface area contributed by atoms with Gasteiger partial charge in [-0.2, -0.15) is 13.2 Å². The minimum absolute atomic E-state index is 0.183. The van der Waals surface area contributed by atoms with E-state index >= 15 is 0 Å². The molecule has 29 heavy (non-hydrogen) atoms. The van der Waals surface area contributed by atoms with E-state index in [1.54, 1.807) is 12.1 Å². The molecule has 1 atom stereocenters. The lowest BCUT2D eigenvalue weighted by atomic mass is 10.2. The highest BCUT2D eigenvalue weighted by Gasteiger charge is 2.32. The fourth-order valence-corrected chi connectivity index (χ4v) is 3.89.